The van der Waals surface area contributed by atoms with Crippen molar-refractivity contribution in [1.82, 2.24) is 9.55 Å². The number of nitriles is 1. The monoisotopic (exact) mass is 414 g/mol. The summed E-state index contributed by atoms with van der Waals surface area (Å²) in [5, 5.41) is 23.7. The summed E-state index contributed by atoms with van der Waals surface area (Å²) in [6.45, 7) is 1.65. The number of imidazole rings is 1. The van der Waals surface area contributed by atoms with E-state index in [-0.39, 0.29) is 18.4 Å². The molecule has 1 amide bonds. The zero-order chi connectivity index (χ0) is 21.6. The maximum Gasteiger partial charge on any atom is 0.229 e. The Bertz CT molecular complexity index is 1180. The summed E-state index contributed by atoms with van der Waals surface area (Å²) in [6, 6.07) is 15.8. The van der Waals surface area contributed by atoms with E-state index in [2.05, 4.69) is 20.9 Å². The van der Waals surface area contributed by atoms with Crippen LogP contribution >= 0.6 is 0 Å². The second-order valence-corrected chi connectivity index (χ2v) is 9.04. The lowest BCUT2D eigenvalue weighted by atomic mass is 9.92. The summed E-state index contributed by atoms with van der Waals surface area (Å²) in [7, 11) is 0. The SMILES string of the molecule is C[C@@](O)(CC(=O)Nc1nc2ccc(C3CC3)c(C#N)c2n1C1CCC1)c1ccccc1. The van der Waals surface area contributed by atoms with Crippen molar-refractivity contribution in [3.63, 3.8) is 0 Å². The summed E-state index contributed by atoms with van der Waals surface area (Å²) in [5.41, 5.74) is 2.77. The Morgan fingerprint density at radius 3 is 2.58 bits per heavy atom. The molecule has 6 nitrogen and oxygen atoms in total. The molecule has 0 radical (unpaired) electrons. The standard InChI is InChI=1S/C25H26N4O2/c1-25(31,17-6-3-2-4-7-17)14-22(30)28-24-27-21-13-12-19(16-10-11-16)20(15-26)23(21)29(24)18-8-5-9-18/h2-4,6-7,12-13,16,18,31H,5,8-11,14H2,1H3,(H,27,28,30)/t25-/m1/s1. The van der Waals surface area contributed by atoms with Crippen molar-refractivity contribution in [3.05, 3.63) is 59.2 Å². The number of carbonyl (C=O) groups is 1. The number of benzene rings is 2. The van der Waals surface area contributed by atoms with Gasteiger partial charge in [-0.3, -0.25) is 10.1 Å². The van der Waals surface area contributed by atoms with E-state index in [0.717, 1.165) is 48.7 Å². The molecular weight excluding hydrogens is 388 g/mol. The molecule has 2 aliphatic carbocycles. The highest BCUT2D eigenvalue weighted by atomic mass is 16.3. The van der Waals surface area contributed by atoms with Crippen LogP contribution in [0.4, 0.5) is 5.95 Å². The minimum atomic E-state index is -1.28. The van der Waals surface area contributed by atoms with E-state index >= 15 is 0 Å². The minimum Gasteiger partial charge on any atom is -0.385 e. The molecule has 3 aromatic rings. The van der Waals surface area contributed by atoms with Crippen LogP contribution in [0.2, 0.25) is 0 Å². The van der Waals surface area contributed by atoms with Crippen molar-refractivity contribution in [2.45, 2.75) is 63.0 Å². The highest BCUT2D eigenvalue weighted by molar-refractivity contribution is 5.94. The predicted molar refractivity (Wildman–Crippen MR) is 119 cm³/mol. The number of aromatic nitrogens is 2. The van der Waals surface area contributed by atoms with Crippen LogP contribution in [0, 0.1) is 11.3 Å². The Morgan fingerprint density at radius 2 is 1.97 bits per heavy atom. The highest BCUT2D eigenvalue weighted by Crippen LogP contribution is 2.45. The lowest BCUT2D eigenvalue weighted by Crippen LogP contribution is -2.30. The van der Waals surface area contributed by atoms with Gasteiger partial charge in [-0.05, 0) is 62.1 Å². The normalized spacial score (nSPS) is 18.2. The topological polar surface area (TPSA) is 90.9 Å². The Hall–Kier alpha value is -3.17. The third-order valence-corrected chi connectivity index (χ3v) is 6.60. The number of aliphatic hydroxyl groups is 1. The maximum atomic E-state index is 12.9. The van der Waals surface area contributed by atoms with Gasteiger partial charge in [0.2, 0.25) is 11.9 Å². The number of hydrogen-bond acceptors (Lipinski definition) is 4. The molecule has 158 valence electrons. The lowest BCUT2D eigenvalue weighted by molar-refractivity contribution is -0.120. The first-order valence-electron chi connectivity index (χ1n) is 11.0. The molecule has 2 aliphatic rings. The zero-order valence-corrected chi connectivity index (χ0v) is 17.6. The van der Waals surface area contributed by atoms with Crippen molar-refractivity contribution >= 4 is 22.9 Å². The predicted octanol–water partition coefficient (Wildman–Crippen LogP) is 4.75. The summed E-state index contributed by atoms with van der Waals surface area (Å²) in [6.07, 6.45) is 5.31. The van der Waals surface area contributed by atoms with E-state index in [1.165, 1.54) is 0 Å². The Labute approximate surface area is 181 Å². The molecule has 5 rings (SSSR count). The van der Waals surface area contributed by atoms with Crippen molar-refractivity contribution < 1.29 is 9.90 Å². The summed E-state index contributed by atoms with van der Waals surface area (Å²) < 4.78 is 2.05. The van der Waals surface area contributed by atoms with Crippen LogP contribution in [0.5, 0.6) is 0 Å². The Morgan fingerprint density at radius 1 is 1.23 bits per heavy atom. The molecule has 1 atom stereocenters. The lowest BCUT2D eigenvalue weighted by Gasteiger charge is -2.29. The molecule has 2 fully saturated rings. The van der Waals surface area contributed by atoms with E-state index in [0.29, 0.717) is 23.0 Å². The van der Waals surface area contributed by atoms with E-state index in [1.807, 2.05) is 42.5 Å². The fourth-order valence-electron chi connectivity index (χ4n) is 4.53. The Kier molecular flexibility index (Phi) is 4.79. The fraction of sp³-hybridized carbons (Fsp3) is 0.400. The van der Waals surface area contributed by atoms with E-state index in [9.17, 15) is 15.2 Å². The zero-order valence-electron chi connectivity index (χ0n) is 17.6. The molecule has 2 N–H and O–H groups in total. The molecule has 31 heavy (non-hydrogen) atoms. The second kappa shape index (κ2) is 7.51. The van der Waals surface area contributed by atoms with Gasteiger partial charge in [-0.15, -0.1) is 0 Å². The average molecular weight is 415 g/mol. The van der Waals surface area contributed by atoms with Crippen LogP contribution < -0.4 is 5.32 Å². The van der Waals surface area contributed by atoms with E-state index < -0.39 is 5.60 Å². The number of carbonyl (C=O) groups excluding carboxylic acids is 1. The van der Waals surface area contributed by atoms with Gasteiger partial charge in [-0.25, -0.2) is 4.98 Å². The second-order valence-electron chi connectivity index (χ2n) is 9.04. The van der Waals surface area contributed by atoms with Crippen LogP contribution in [-0.2, 0) is 10.4 Å². The molecular formula is C25H26N4O2. The average Bonchev–Trinajstić information content (AvgIpc) is 3.50. The largest absolute Gasteiger partial charge is 0.385 e. The molecule has 0 saturated heterocycles. The van der Waals surface area contributed by atoms with Crippen LogP contribution in [0.1, 0.15) is 74.1 Å². The fourth-order valence-corrected chi connectivity index (χ4v) is 4.53. The van der Waals surface area contributed by atoms with Gasteiger partial charge in [-0.2, -0.15) is 5.26 Å². The van der Waals surface area contributed by atoms with E-state index in [1.54, 1.807) is 6.92 Å². The van der Waals surface area contributed by atoms with Gasteiger partial charge < -0.3 is 9.67 Å². The first-order valence-corrected chi connectivity index (χ1v) is 11.0. The van der Waals surface area contributed by atoms with Crippen LogP contribution in [-0.4, -0.2) is 20.6 Å². The summed E-state index contributed by atoms with van der Waals surface area (Å²) in [4.78, 5) is 17.6. The first-order chi connectivity index (χ1) is 15.0. The molecule has 2 aromatic carbocycles. The number of nitrogens with zero attached hydrogens (tertiary/aromatic N) is 3. The molecule has 1 aromatic heterocycles. The number of hydrogen-bond donors (Lipinski definition) is 2. The van der Waals surface area contributed by atoms with Gasteiger partial charge in [0.25, 0.3) is 0 Å². The smallest absolute Gasteiger partial charge is 0.229 e. The number of fused-ring (bicyclic) bond motifs is 1. The number of rotatable bonds is 6. The molecule has 2 saturated carbocycles. The van der Waals surface area contributed by atoms with Crippen LogP contribution in [0.25, 0.3) is 11.0 Å². The molecule has 6 heteroatoms. The van der Waals surface area contributed by atoms with Gasteiger partial charge >= 0.3 is 0 Å². The van der Waals surface area contributed by atoms with Gasteiger partial charge in [0.05, 0.1) is 28.6 Å². The molecule has 0 aliphatic heterocycles. The van der Waals surface area contributed by atoms with Gasteiger partial charge in [-0.1, -0.05) is 36.4 Å². The number of amides is 1. The Balaban J connectivity index is 1.50. The van der Waals surface area contributed by atoms with Gasteiger partial charge in [0, 0.05) is 6.04 Å². The molecule has 1 heterocycles. The number of anilines is 1. The summed E-state index contributed by atoms with van der Waals surface area (Å²) in [5.74, 6) is 0.631. The third kappa shape index (κ3) is 3.60. The number of nitrogens with one attached hydrogen (secondary N) is 1. The molecule has 0 unspecified atom stereocenters. The van der Waals surface area contributed by atoms with Crippen molar-refractivity contribution in [1.29, 1.82) is 5.26 Å². The van der Waals surface area contributed by atoms with Crippen molar-refractivity contribution in [3.8, 4) is 6.07 Å². The first kappa shape index (κ1) is 19.8. The van der Waals surface area contributed by atoms with Crippen LogP contribution in [0.3, 0.4) is 0 Å². The van der Waals surface area contributed by atoms with Crippen molar-refractivity contribution in [2.75, 3.05) is 5.32 Å². The highest BCUT2D eigenvalue weighted by Gasteiger charge is 2.32. The van der Waals surface area contributed by atoms with E-state index in [4.69, 9.17) is 0 Å². The maximum absolute atomic E-state index is 12.9. The van der Waals surface area contributed by atoms with Gasteiger partial charge in [0.15, 0.2) is 0 Å². The third-order valence-electron chi connectivity index (χ3n) is 6.60. The summed E-state index contributed by atoms with van der Waals surface area (Å²) >= 11 is 0. The van der Waals surface area contributed by atoms with Crippen molar-refractivity contribution in [2.24, 2.45) is 0 Å². The molecule has 0 spiro atoms. The minimum absolute atomic E-state index is 0.0800. The van der Waals surface area contributed by atoms with Crippen LogP contribution in [0.15, 0.2) is 42.5 Å². The molecule has 0 bridgehead atoms. The quantitative estimate of drug-likeness (QED) is 0.609. The van der Waals surface area contributed by atoms with Gasteiger partial charge in [0.1, 0.15) is 6.07 Å².